The van der Waals surface area contributed by atoms with E-state index in [0.717, 1.165) is 24.2 Å². The zero-order valence-electron chi connectivity index (χ0n) is 24.6. The molecular formula is C23H49O4P13. The minimum absolute atomic E-state index is 0.000886. The highest BCUT2D eigenvalue weighted by Crippen LogP contribution is 3.17. The molecule has 40 heavy (non-hydrogen) atoms. The first kappa shape index (κ1) is 37.7. The van der Waals surface area contributed by atoms with E-state index in [1.54, 1.807) is 0 Å². The van der Waals surface area contributed by atoms with Gasteiger partial charge in [-0.3, -0.25) is 4.79 Å². The van der Waals surface area contributed by atoms with E-state index < -0.39 is 25.5 Å². The van der Waals surface area contributed by atoms with Crippen molar-refractivity contribution in [3.05, 3.63) is 11.1 Å². The summed E-state index contributed by atoms with van der Waals surface area (Å²) >= 11 is 0. The summed E-state index contributed by atoms with van der Waals surface area (Å²) < 4.78 is 13.5. The molecule has 3 fully saturated rings. The Kier molecular flexibility index (Phi) is 12.9. The highest BCUT2D eigenvalue weighted by molar-refractivity contribution is 9.19. The molecule has 1 heterocycles. The van der Waals surface area contributed by atoms with E-state index in [0.29, 0.717) is 18.8 Å². The van der Waals surface area contributed by atoms with Crippen LogP contribution in [-0.2, 0) is 14.1 Å². The highest BCUT2D eigenvalue weighted by Gasteiger charge is 2.69. The molecule has 0 amide bonds. The lowest BCUT2D eigenvalue weighted by atomic mass is 9.40. The second kappa shape index (κ2) is 13.7. The van der Waals surface area contributed by atoms with Crippen LogP contribution in [0.15, 0.2) is 11.1 Å². The van der Waals surface area contributed by atoms with Gasteiger partial charge in [0.2, 0.25) is 0 Å². The molecule has 4 aliphatic rings. The van der Waals surface area contributed by atoms with Crippen molar-refractivity contribution in [3.63, 3.8) is 0 Å². The highest BCUT2D eigenvalue weighted by atomic mass is 33.2. The summed E-state index contributed by atoms with van der Waals surface area (Å²) in [6.45, 7) is 14.6. The quantitative estimate of drug-likeness (QED) is 0.261. The first-order valence-electron chi connectivity index (χ1n) is 13.5. The summed E-state index contributed by atoms with van der Waals surface area (Å²) in [6.07, 6.45) is 2.05. The van der Waals surface area contributed by atoms with Crippen molar-refractivity contribution < 1.29 is 19.2 Å². The van der Waals surface area contributed by atoms with E-state index in [1.165, 1.54) is 0 Å². The van der Waals surface area contributed by atoms with E-state index in [4.69, 9.17) is 9.26 Å². The maximum absolute atomic E-state index is 14.5. The normalized spacial score (nSPS) is 42.9. The molecule has 1 N–H and O–H groups in total. The number of Topliss-reactive ketones (excluding diaryl/α,β-unsaturated/α-hetero) is 1. The fourth-order valence-electron chi connectivity index (χ4n) is 8.55. The van der Waals surface area contributed by atoms with E-state index in [-0.39, 0.29) is 68.6 Å². The number of rotatable bonds is 7. The van der Waals surface area contributed by atoms with Gasteiger partial charge >= 0.3 is 0 Å². The molecule has 0 aromatic rings. The molecule has 14 unspecified atom stereocenters. The minimum atomic E-state index is -1.06. The van der Waals surface area contributed by atoms with Crippen LogP contribution >= 0.6 is 105 Å². The van der Waals surface area contributed by atoms with Gasteiger partial charge in [0.25, 0.3) is 0 Å². The van der Waals surface area contributed by atoms with Crippen molar-refractivity contribution >= 4 is 111 Å². The predicted molar refractivity (Wildman–Crippen MR) is 212 cm³/mol. The number of aliphatic hydroxyl groups is 1. The average molecular weight is 792 g/mol. The number of fused-ring (bicyclic) bond motifs is 5. The predicted octanol–water partition coefficient (Wildman–Crippen LogP) is 11.4. The SMILES string of the molecule is CC1=C2C(=O)C[C@@]3(C)C(C(C)C(O)(CC1OP(P(P)P(P)P)P(P(P)P)P(P)P)C2(C)C)[C@]1(C)COC1C[C@@H]3C. The fourth-order valence-corrected chi connectivity index (χ4v) is 104. The molecule has 0 radical (unpaired) electrons. The van der Waals surface area contributed by atoms with Gasteiger partial charge in [-0.25, -0.2) is 0 Å². The molecule has 2 saturated carbocycles. The van der Waals surface area contributed by atoms with Crippen LogP contribution in [0, 0.1) is 34.0 Å². The van der Waals surface area contributed by atoms with Gasteiger partial charge in [0.1, 0.15) is 0 Å². The third-order valence-corrected chi connectivity index (χ3v) is 81.6. The number of ketones is 1. The van der Waals surface area contributed by atoms with Crippen molar-refractivity contribution in [2.24, 2.45) is 34.0 Å². The molecule has 17 atom stereocenters. The molecule has 1 saturated heterocycles. The lowest BCUT2D eigenvalue weighted by Gasteiger charge is -2.69. The monoisotopic (exact) mass is 792 g/mol. The molecule has 4 rings (SSSR count). The summed E-state index contributed by atoms with van der Waals surface area (Å²) in [5.74, 6) is 0.772. The van der Waals surface area contributed by atoms with Gasteiger partial charge in [-0.15, -0.1) is 53.6 Å². The van der Waals surface area contributed by atoms with Crippen LogP contribution in [-0.4, -0.2) is 35.3 Å². The lowest BCUT2D eigenvalue weighted by Crippen LogP contribution is -2.71. The van der Waals surface area contributed by atoms with E-state index >= 15 is 0 Å². The molecule has 2 bridgehead atoms. The number of carbonyl (C=O) groups is 1. The number of hydrogen-bond acceptors (Lipinski definition) is 4. The maximum Gasteiger partial charge on any atom is 0.160 e. The molecule has 0 aromatic heterocycles. The second-order valence-electron chi connectivity index (χ2n) is 13.2. The van der Waals surface area contributed by atoms with Crippen molar-refractivity contribution in [3.8, 4) is 0 Å². The van der Waals surface area contributed by atoms with Crippen LogP contribution < -0.4 is 0 Å². The standard InChI is InChI=1S/C23H49O4P13/c1-12-8-17-22(7,11-26-17)19-14(3)23(25)10-16(13(2)18(20(23,4)5)15(24)9-21(12,19)6)27-35(39(34)36(28)29)40(37(30)31)38(32)33/h12,14,16-17,19,25H,8-11,28-34H2,1-7H3/t12-,14?,16?,17?,19?,21+,22+,23?,35?,39?/m0/s1. The molecule has 4 nitrogen and oxygen atoms in total. The van der Waals surface area contributed by atoms with E-state index in [9.17, 15) is 9.90 Å². The molecule has 3 aliphatic carbocycles. The van der Waals surface area contributed by atoms with E-state index in [2.05, 4.69) is 111 Å². The third kappa shape index (κ3) is 6.23. The molecule has 1 aliphatic heterocycles. The van der Waals surface area contributed by atoms with Crippen molar-refractivity contribution in [1.82, 2.24) is 0 Å². The fraction of sp³-hybridized carbons (Fsp3) is 0.870. The Morgan fingerprint density at radius 3 is 2.00 bits per heavy atom. The Balaban J connectivity index is 1.86. The minimum Gasteiger partial charge on any atom is -0.389 e. The van der Waals surface area contributed by atoms with Crippen LogP contribution in [0.3, 0.4) is 0 Å². The van der Waals surface area contributed by atoms with Gasteiger partial charge in [-0.1, -0.05) is 50.5 Å². The first-order valence-corrected chi connectivity index (χ1v) is 36.4. The first-order chi connectivity index (χ1) is 18.3. The number of hydrogen-bond donors (Lipinski definition) is 1. The summed E-state index contributed by atoms with van der Waals surface area (Å²) in [7, 11) is 20.9. The molecule has 230 valence electrons. The summed E-state index contributed by atoms with van der Waals surface area (Å²) in [4.78, 5) is 14.5. The second-order valence-corrected chi connectivity index (χ2v) is 62.0. The summed E-state index contributed by atoms with van der Waals surface area (Å²) in [5.41, 5.74) is -0.0110. The van der Waals surface area contributed by atoms with Gasteiger partial charge < -0.3 is 14.4 Å². The van der Waals surface area contributed by atoms with Crippen LogP contribution in [0.5, 0.6) is 0 Å². The Morgan fingerprint density at radius 2 is 1.52 bits per heavy atom. The van der Waals surface area contributed by atoms with Gasteiger partial charge in [-0.05, 0) is 63.0 Å². The Hall–Kier alpha value is 4.88. The number of ether oxygens (including phenoxy) is 1. The Morgan fingerprint density at radius 1 is 0.950 bits per heavy atom. The van der Waals surface area contributed by atoms with Crippen molar-refractivity contribution in [2.75, 3.05) is 6.61 Å². The van der Waals surface area contributed by atoms with Gasteiger partial charge in [0, 0.05) is 43.2 Å². The Bertz CT molecular complexity index is 1030. The van der Waals surface area contributed by atoms with Crippen LogP contribution in [0.4, 0.5) is 0 Å². The summed E-state index contributed by atoms with van der Waals surface area (Å²) in [6, 6.07) is 0. The molecular weight excluding hydrogens is 743 g/mol. The van der Waals surface area contributed by atoms with Gasteiger partial charge in [-0.2, -0.15) is 0 Å². The zero-order chi connectivity index (χ0) is 30.3. The summed E-state index contributed by atoms with van der Waals surface area (Å²) in [5, 5.41) is 13.1. The molecule has 0 aromatic carbocycles. The average Bonchev–Trinajstić information content (AvgIpc) is 2.81. The van der Waals surface area contributed by atoms with Crippen molar-refractivity contribution in [2.45, 2.75) is 85.5 Å². The number of carbonyl (C=O) groups excluding carboxylic acids is 1. The van der Waals surface area contributed by atoms with Crippen molar-refractivity contribution in [1.29, 1.82) is 0 Å². The maximum atomic E-state index is 14.5. The molecule has 17 heteroatoms. The van der Waals surface area contributed by atoms with E-state index in [1.807, 2.05) is 0 Å². The Labute approximate surface area is 265 Å². The van der Waals surface area contributed by atoms with Gasteiger partial charge in [0.15, 0.2) is 5.78 Å². The zero-order valence-corrected chi connectivity index (χ0v) is 38.1. The lowest BCUT2D eigenvalue weighted by molar-refractivity contribution is -0.296. The van der Waals surface area contributed by atoms with Gasteiger partial charge in [0.05, 0.1) is 31.9 Å². The smallest absolute Gasteiger partial charge is 0.160 e. The van der Waals surface area contributed by atoms with Crippen LogP contribution in [0.1, 0.15) is 67.7 Å². The van der Waals surface area contributed by atoms with Crippen LogP contribution in [0.25, 0.3) is 0 Å². The topological polar surface area (TPSA) is 55.8 Å². The van der Waals surface area contributed by atoms with Crippen LogP contribution in [0.2, 0.25) is 0 Å². The largest absolute Gasteiger partial charge is 0.389 e. The molecule has 0 spiro atoms. The third-order valence-electron chi connectivity index (χ3n) is 10.8.